The van der Waals surface area contributed by atoms with Crippen LogP contribution in [0.1, 0.15) is 33.1 Å². The molecule has 35 heavy (non-hydrogen) atoms. The molecule has 9 nitrogen and oxygen atoms in total. The second-order valence-corrected chi connectivity index (χ2v) is 9.13. The van der Waals surface area contributed by atoms with Crippen LogP contribution in [0.2, 0.25) is 0 Å². The highest BCUT2D eigenvalue weighted by Gasteiger charge is 2.29. The zero-order valence-electron chi connectivity index (χ0n) is 19.2. The van der Waals surface area contributed by atoms with E-state index in [1.54, 1.807) is 7.05 Å². The number of amides is 2. The van der Waals surface area contributed by atoms with E-state index in [9.17, 15) is 14.4 Å². The van der Waals surface area contributed by atoms with Crippen molar-refractivity contribution in [2.75, 3.05) is 24.7 Å². The number of aromatic nitrogens is 2. The number of nitrogens with zero attached hydrogens (tertiary/aromatic N) is 2. The molecule has 0 bridgehead atoms. The third kappa shape index (κ3) is 5.65. The van der Waals surface area contributed by atoms with Gasteiger partial charge >= 0.3 is 12.1 Å². The minimum Gasteiger partial charge on any atom is -0.481 e. The van der Waals surface area contributed by atoms with Crippen molar-refractivity contribution in [1.29, 1.82) is 0 Å². The SMILES string of the molecule is Cn1ncc(CNC(=O)OCC2c3ccccc3-c3ccccc32)c1C(=O)NCCSCC(=O)O. The normalized spacial score (nSPS) is 12.0. The lowest BCUT2D eigenvalue weighted by Crippen LogP contribution is -2.30. The Morgan fingerprint density at radius 3 is 2.37 bits per heavy atom. The maximum atomic E-state index is 12.6. The first-order valence-electron chi connectivity index (χ1n) is 11.1. The number of hydrogen-bond acceptors (Lipinski definition) is 6. The van der Waals surface area contributed by atoms with Gasteiger partial charge in [-0.1, -0.05) is 48.5 Å². The molecule has 1 aromatic heterocycles. The van der Waals surface area contributed by atoms with Gasteiger partial charge < -0.3 is 20.5 Å². The number of thioether (sulfide) groups is 1. The molecular formula is C25H26N4O5S. The average molecular weight is 495 g/mol. The average Bonchev–Trinajstić information content (AvgIpc) is 3.38. The van der Waals surface area contributed by atoms with E-state index in [-0.39, 0.29) is 30.7 Å². The molecule has 0 radical (unpaired) electrons. The molecule has 0 saturated carbocycles. The number of rotatable bonds is 10. The van der Waals surface area contributed by atoms with Crippen molar-refractivity contribution < 1.29 is 24.2 Å². The Morgan fingerprint density at radius 2 is 1.71 bits per heavy atom. The summed E-state index contributed by atoms with van der Waals surface area (Å²) < 4.78 is 6.99. The van der Waals surface area contributed by atoms with E-state index >= 15 is 0 Å². The summed E-state index contributed by atoms with van der Waals surface area (Å²) in [6.07, 6.45) is 0.949. The number of carboxylic acids is 1. The van der Waals surface area contributed by atoms with Gasteiger partial charge in [-0.25, -0.2) is 4.79 Å². The fraction of sp³-hybridized carbons (Fsp3) is 0.280. The zero-order chi connectivity index (χ0) is 24.8. The number of carbonyl (C=O) groups is 3. The molecule has 0 unspecified atom stereocenters. The summed E-state index contributed by atoms with van der Waals surface area (Å²) in [5.41, 5.74) is 5.46. The highest BCUT2D eigenvalue weighted by Crippen LogP contribution is 2.44. The van der Waals surface area contributed by atoms with Crippen LogP contribution in [0.15, 0.2) is 54.7 Å². The molecule has 0 fully saturated rings. The minimum atomic E-state index is -0.894. The first kappa shape index (κ1) is 24.3. The predicted molar refractivity (Wildman–Crippen MR) is 132 cm³/mol. The van der Waals surface area contributed by atoms with Crippen molar-refractivity contribution in [2.24, 2.45) is 7.05 Å². The molecule has 0 saturated heterocycles. The van der Waals surface area contributed by atoms with Crippen molar-refractivity contribution in [2.45, 2.75) is 12.5 Å². The molecule has 0 spiro atoms. The third-order valence-corrected chi connectivity index (χ3v) is 6.70. The van der Waals surface area contributed by atoms with Gasteiger partial charge in [-0.3, -0.25) is 14.3 Å². The Balaban J connectivity index is 1.31. The smallest absolute Gasteiger partial charge is 0.407 e. The fourth-order valence-electron chi connectivity index (χ4n) is 4.20. The number of ether oxygens (including phenoxy) is 1. The number of carbonyl (C=O) groups excluding carboxylic acids is 2. The van der Waals surface area contributed by atoms with Crippen LogP contribution in [0, 0.1) is 0 Å². The molecule has 1 aliphatic rings. The number of benzene rings is 2. The number of nitrogens with one attached hydrogen (secondary N) is 2. The quantitative estimate of drug-likeness (QED) is 0.370. The Labute approximate surface area is 206 Å². The molecule has 2 amide bonds. The number of carboxylic acid groups (broad SMARTS) is 1. The van der Waals surface area contributed by atoms with Crippen molar-refractivity contribution in [1.82, 2.24) is 20.4 Å². The minimum absolute atomic E-state index is 0.0170. The van der Waals surface area contributed by atoms with E-state index < -0.39 is 12.1 Å². The molecule has 182 valence electrons. The first-order valence-corrected chi connectivity index (χ1v) is 12.3. The number of alkyl carbamates (subject to hydrolysis) is 1. The van der Waals surface area contributed by atoms with Gasteiger partial charge in [0.2, 0.25) is 0 Å². The summed E-state index contributed by atoms with van der Waals surface area (Å²) in [6, 6.07) is 16.2. The van der Waals surface area contributed by atoms with Crippen LogP contribution in [-0.4, -0.2) is 57.5 Å². The van der Waals surface area contributed by atoms with E-state index in [0.29, 0.717) is 23.6 Å². The van der Waals surface area contributed by atoms with Crippen LogP contribution < -0.4 is 10.6 Å². The molecule has 4 rings (SSSR count). The van der Waals surface area contributed by atoms with Crippen molar-refractivity contribution in [3.05, 3.63) is 77.1 Å². The maximum Gasteiger partial charge on any atom is 0.407 e. The lowest BCUT2D eigenvalue weighted by molar-refractivity contribution is -0.133. The number of aryl methyl sites for hydroxylation is 1. The lowest BCUT2D eigenvalue weighted by Gasteiger charge is -2.14. The molecule has 3 aromatic rings. The van der Waals surface area contributed by atoms with Gasteiger partial charge in [0.15, 0.2) is 0 Å². The summed E-state index contributed by atoms with van der Waals surface area (Å²) in [7, 11) is 1.64. The standard InChI is InChI=1S/C25H26N4O5S/c1-29-23(24(32)26-10-11-35-15-22(30)31)16(13-28-29)12-27-25(33)34-14-21-19-8-4-2-6-17(19)18-7-3-5-9-20(18)21/h2-9,13,21H,10-12,14-15H2,1H3,(H,26,32)(H,27,33)(H,30,31). The second-order valence-electron chi connectivity index (χ2n) is 8.02. The van der Waals surface area contributed by atoms with Gasteiger partial charge in [0.1, 0.15) is 12.3 Å². The van der Waals surface area contributed by atoms with Gasteiger partial charge in [0.05, 0.1) is 18.5 Å². The van der Waals surface area contributed by atoms with Crippen LogP contribution in [-0.2, 0) is 23.1 Å². The highest BCUT2D eigenvalue weighted by atomic mass is 32.2. The topological polar surface area (TPSA) is 123 Å². The molecule has 10 heteroatoms. The van der Waals surface area contributed by atoms with Crippen LogP contribution in [0.25, 0.3) is 11.1 Å². The molecule has 1 heterocycles. The number of hydrogen-bond donors (Lipinski definition) is 3. The van der Waals surface area contributed by atoms with Crippen molar-refractivity contribution >= 4 is 29.7 Å². The number of aliphatic carboxylic acids is 1. The number of fused-ring (bicyclic) bond motifs is 3. The maximum absolute atomic E-state index is 12.6. The van der Waals surface area contributed by atoms with Crippen LogP contribution >= 0.6 is 11.8 Å². The predicted octanol–water partition coefficient (Wildman–Crippen LogP) is 3.01. The summed E-state index contributed by atoms with van der Waals surface area (Å²) >= 11 is 1.22. The van der Waals surface area contributed by atoms with E-state index in [2.05, 4.69) is 40.0 Å². The van der Waals surface area contributed by atoms with Gasteiger partial charge in [-0.05, 0) is 22.3 Å². The van der Waals surface area contributed by atoms with Gasteiger partial charge in [0, 0.05) is 30.8 Å². The van der Waals surface area contributed by atoms with Crippen LogP contribution in [0.4, 0.5) is 4.79 Å². The van der Waals surface area contributed by atoms with Gasteiger partial charge in [-0.2, -0.15) is 5.10 Å². The summed E-state index contributed by atoms with van der Waals surface area (Å²) in [5, 5.41) is 18.2. The van der Waals surface area contributed by atoms with E-state index in [1.165, 1.54) is 22.6 Å². The molecule has 0 atom stereocenters. The van der Waals surface area contributed by atoms with E-state index in [4.69, 9.17) is 9.84 Å². The second kappa shape index (κ2) is 11.1. The highest BCUT2D eigenvalue weighted by molar-refractivity contribution is 7.99. The van der Waals surface area contributed by atoms with Crippen molar-refractivity contribution in [3.63, 3.8) is 0 Å². The monoisotopic (exact) mass is 494 g/mol. The summed E-state index contributed by atoms with van der Waals surface area (Å²) in [6.45, 7) is 0.608. The third-order valence-electron chi connectivity index (χ3n) is 5.75. The molecule has 0 aliphatic heterocycles. The van der Waals surface area contributed by atoms with Crippen LogP contribution in [0.5, 0.6) is 0 Å². The summed E-state index contributed by atoms with van der Waals surface area (Å²) in [5.74, 6) is -0.813. The zero-order valence-corrected chi connectivity index (χ0v) is 20.0. The molecule has 3 N–H and O–H groups in total. The Morgan fingerprint density at radius 1 is 1.06 bits per heavy atom. The van der Waals surface area contributed by atoms with Crippen LogP contribution in [0.3, 0.4) is 0 Å². The largest absolute Gasteiger partial charge is 0.481 e. The lowest BCUT2D eigenvalue weighted by atomic mass is 9.98. The molecule has 2 aromatic carbocycles. The first-order chi connectivity index (χ1) is 17.0. The Kier molecular flexibility index (Phi) is 7.71. The van der Waals surface area contributed by atoms with Gasteiger partial charge in [-0.15, -0.1) is 11.8 Å². The fourth-order valence-corrected chi connectivity index (χ4v) is 4.77. The van der Waals surface area contributed by atoms with E-state index in [0.717, 1.165) is 22.3 Å². The Hall–Kier alpha value is -3.79. The molecular weight excluding hydrogens is 468 g/mol. The molecule has 1 aliphatic carbocycles. The Bertz CT molecular complexity index is 1200. The van der Waals surface area contributed by atoms with Crippen molar-refractivity contribution in [3.8, 4) is 11.1 Å². The van der Waals surface area contributed by atoms with E-state index in [1.807, 2.05) is 24.3 Å². The van der Waals surface area contributed by atoms with Gasteiger partial charge in [0.25, 0.3) is 5.91 Å². The summed E-state index contributed by atoms with van der Waals surface area (Å²) in [4.78, 5) is 35.6.